The van der Waals surface area contributed by atoms with Gasteiger partial charge in [0.05, 0.1) is 10.3 Å². The van der Waals surface area contributed by atoms with Crippen LogP contribution in [0.5, 0.6) is 0 Å². The number of thiophene rings is 1. The molecule has 0 aliphatic carbocycles. The predicted molar refractivity (Wildman–Crippen MR) is 285 cm³/mol. The number of ether oxygens (including phenoxy) is 1. The highest BCUT2D eigenvalue weighted by Crippen LogP contribution is 2.63. The maximum Gasteiger partial charge on any atom is 0.404 e. The molecule has 2 unspecified atom stereocenters. The van der Waals surface area contributed by atoms with Gasteiger partial charge in [0.2, 0.25) is 36.3 Å². The standard InChI is InChI=1S/C54H60BrF2N6O12PS/c1-52(2,3)45(60-47(67)42-29-33-28-34(16-22-41(33)77-42)54(56,57)76(72,73)75-31-74-51(71)53(4,5)6)50(70)62-26-11-15-40(62)49(69)61(36-19-17-35(55)18-20-36)27-24-43(64)58-25-9-7-8-12-32-13-10-14-37-38(32)30-63(48(37)68)39-21-23-44(65)59-46(39)66/h10,13-14,16-20,22,28-29,39-40,45H,7,9,11,15,21,23-27,30-31H2,1-6H3,(H,58,64)(H,60,67)(H,72,73)(H,59,65,66)/t39?,40-,45+/m0/s1. The number of esters is 1. The lowest BCUT2D eigenvalue weighted by molar-refractivity contribution is -0.160. The number of likely N-dealkylation sites (tertiary alicyclic amines) is 1. The van der Waals surface area contributed by atoms with E-state index in [1.165, 1.54) is 47.6 Å². The topological polar surface area (TPSA) is 238 Å². The number of hydrogen-bond acceptors (Lipinski definition) is 12. The molecule has 0 spiro atoms. The molecule has 7 rings (SSSR count). The zero-order valence-corrected chi connectivity index (χ0v) is 46.6. The van der Waals surface area contributed by atoms with Crippen LogP contribution in [0.15, 0.2) is 71.2 Å². The van der Waals surface area contributed by atoms with E-state index in [0.717, 1.165) is 27.9 Å². The number of amides is 7. The molecule has 3 aliphatic heterocycles. The second kappa shape index (κ2) is 23.7. The summed E-state index contributed by atoms with van der Waals surface area (Å²) in [5.41, 5.74) is -4.91. The van der Waals surface area contributed by atoms with Crippen LogP contribution in [-0.2, 0) is 54.8 Å². The van der Waals surface area contributed by atoms with Crippen molar-refractivity contribution in [3.8, 4) is 11.8 Å². The lowest BCUT2D eigenvalue weighted by Gasteiger charge is -2.36. The van der Waals surface area contributed by atoms with Crippen LogP contribution in [0, 0.1) is 22.7 Å². The number of carbonyl (C=O) groups is 8. The Labute approximate surface area is 456 Å². The van der Waals surface area contributed by atoms with Crippen molar-refractivity contribution < 1.29 is 65.9 Å². The van der Waals surface area contributed by atoms with Gasteiger partial charge >= 0.3 is 19.2 Å². The van der Waals surface area contributed by atoms with E-state index in [-0.39, 0.29) is 66.9 Å². The number of alkyl halides is 2. The molecule has 4 aromatic rings. The Kier molecular flexibility index (Phi) is 18.0. The fourth-order valence-corrected chi connectivity index (χ4v) is 11.0. The van der Waals surface area contributed by atoms with Gasteiger partial charge in [-0.3, -0.25) is 52.8 Å². The Balaban J connectivity index is 0.962. The number of carbonyl (C=O) groups excluding carboxylic acids is 8. The number of unbranched alkanes of at least 4 members (excludes halogenated alkanes) is 1. The Morgan fingerprint density at radius 1 is 1.00 bits per heavy atom. The van der Waals surface area contributed by atoms with Crippen molar-refractivity contribution in [2.24, 2.45) is 10.8 Å². The minimum Gasteiger partial charge on any atom is -0.438 e. The second-order valence-corrected chi connectivity index (χ2v) is 24.9. The third-order valence-corrected chi connectivity index (χ3v) is 16.3. The van der Waals surface area contributed by atoms with Gasteiger partial charge in [-0.1, -0.05) is 60.7 Å². The summed E-state index contributed by atoms with van der Waals surface area (Å²) in [5.74, 6) is 2.29. The molecule has 410 valence electrons. The molecule has 1 aromatic heterocycles. The number of nitrogens with one attached hydrogen (secondary N) is 3. The first-order chi connectivity index (χ1) is 36.2. The molecule has 4 N–H and O–H groups in total. The smallest absolute Gasteiger partial charge is 0.404 e. The van der Waals surface area contributed by atoms with Crippen LogP contribution in [0.3, 0.4) is 0 Å². The molecule has 3 aromatic carbocycles. The number of benzene rings is 3. The van der Waals surface area contributed by atoms with E-state index < -0.39 is 84.2 Å². The minimum absolute atomic E-state index is 0.0207. The molecule has 2 saturated heterocycles. The van der Waals surface area contributed by atoms with Crippen LogP contribution in [-0.4, -0.2) is 107 Å². The molecular weight excluding hydrogens is 1110 g/mol. The average Bonchev–Trinajstić information content (AvgIpc) is 4.15. The van der Waals surface area contributed by atoms with Gasteiger partial charge in [-0.25, -0.2) is 0 Å². The fourth-order valence-electron chi connectivity index (χ4n) is 8.99. The van der Waals surface area contributed by atoms with Crippen LogP contribution in [0.25, 0.3) is 10.1 Å². The maximum atomic E-state index is 15.5. The molecule has 0 radical (unpaired) electrons. The van der Waals surface area contributed by atoms with Crippen molar-refractivity contribution in [3.63, 3.8) is 0 Å². The summed E-state index contributed by atoms with van der Waals surface area (Å²) in [5, 5.41) is 8.15. The highest BCUT2D eigenvalue weighted by molar-refractivity contribution is 9.10. The van der Waals surface area contributed by atoms with Crippen LogP contribution in [0.2, 0.25) is 0 Å². The summed E-state index contributed by atoms with van der Waals surface area (Å²) < 4.78 is 54.1. The first-order valence-electron chi connectivity index (χ1n) is 24.9. The van der Waals surface area contributed by atoms with E-state index in [9.17, 15) is 47.8 Å². The second-order valence-electron chi connectivity index (χ2n) is 21.0. The van der Waals surface area contributed by atoms with E-state index in [2.05, 4.69) is 48.2 Å². The van der Waals surface area contributed by atoms with Crippen LogP contribution >= 0.6 is 34.9 Å². The van der Waals surface area contributed by atoms with Gasteiger partial charge in [-0.05, 0) is 117 Å². The largest absolute Gasteiger partial charge is 0.438 e. The molecule has 77 heavy (non-hydrogen) atoms. The first-order valence-corrected chi connectivity index (χ1v) is 28.1. The van der Waals surface area contributed by atoms with Gasteiger partial charge in [0, 0.05) is 77.0 Å². The molecular formula is C54H60BrF2N6O12PS. The Bertz CT molecular complexity index is 3110. The number of piperidine rings is 1. The molecule has 4 atom stereocenters. The van der Waals surface area contributed by atoms with Crippen molar-refractivity contribution in [2.45, 2.75) is 117 Å². The molecule has 18 nitrogen and oxygen atoms in total. The number of rotatable bonds is 17. The van der Waals surface area contributed by atoms with E-state index in [1.54, 1.807) is 63.2 Å². The predicted octanol–water partition coefficient (Wildman–Crippen LogP) is 7.73. The molecule has 3 aliphatic rings. The van der Waals surface area contributed by atoms with Gasteiger partial charge in [-0.15, -0.1) is 11.3 Å². The number of anilines is 1. The highest BCUT2D eigenvalue weighted by Gasteiger charge is 2.53. The van der Waals surface area contributed by atoms with Crippen molar-refractivity contribution >= 4 is 98.0 Å². The maximum absolute atomic E-state index is 15.5. The lowest BCUT2D eigenvalue weighted by atomic mass is 9.85. The zero-order valence-electron chi connectivity index (χ0n) is 43.3. The van der Waals surface area contributed by atoms with E-state index in [0.29, 0.717) is 59.3 Å². The number of halogens is 3. The summed E-state index contributed by atoms with van der Waals surface area (Å²) >= 11 is 4.38. The SMILES string of the molecule is CC(C)(C)C(=O)OCOP(=O)(O)C(F)(F)c1ccc2sc(C(=O)N[C@H](C(=O)N3CCC[C@H]3C(=O)N(CCC(=O)NCCCC#Cc3cccc4c3CN(C3CCC(=O)NC3=O)C4=O)c3ccc(Br)cc3)C(C)(C)C)cc2c1. The fraction of sp³-hybridized carbons (Fsp3) is 0.444. The van der Waals surface area contributed by atoms with Gasteiger partial charge < -0.3 is 35.0 Å². The van der Waals surface area contributed by atoms with Crippen molar-refractivity contribution in [2.75, 3.05) is 31.3 Å². The monoisotopic (exact) mass is 1160 g/mol. The van der Waals surface area contributed by atoms with Gasteiger partial charge in [-0.2, -0.15) is 8.78 Å². The Morgan fingerprint density at radius 3 is 2.42 bits per heavy atom. The third kappa shape index (κ3) is 13.5. The van der Waals surface area contributed by atoms with E-state index >= 15 is 8.78 Å². The zero-order chi connectivity index (χ0) is 56.2. The molecule has 7 amide bonds. The molecule has 0 bridgehead atoms. The summed E-state index contributed by atoms with van der Waals surface area (Å²) in [6.45, 7) is 9.25. The molecule has 4 heterocycles. The van der Waals surface area contributed by atoms with Gasteiger partial charge in [0.15, 0.2) is 0 Å². The first kappa shape index (κ1) is 58.3. The molecule has 2 fully saturated rings. The van der Waals surface area contributed by atoms with Gasteiger partial charge in [0.1, 0.15) is 18.1 Å². The summed E-state index contributed by atoms with van der Waals surface area (Å²) in [6, 6.07) is 13.8. The summed E-state index contributed by atoms with van der Waals surface area (Å²) in [6.07, 6.45) is 2.04. The number of hydrogen-bond donors (Lipinski definition) is 4. The Morgan fingerprint density at radius 2 is 1.73 bits per heavy atom. The lowest BCUT2D eigenvalue weighted by Crippen LogP contribution is -2.58. The van der Waals surface area contributed by atoms with Crippen LogP contribution < -0.4 is 20.9 Å². The van der Waals surface area contributed by atoms with Crippen molar-refractivity contribution in [3.05, 3.63) is 98.3 Å². The van der Waals surface area contributed by atoms with Crippen LogP contribution in [0.4, 0.5) is 14.5 Å². The van der Waals surface area contributed by atoms with Crippen molar-refractivity contribution in [1.29, 1.82) is 0 Å². The third-order valence-electron chi connectivity index (χ3n) is 13.3. The Hall–Kier alpha value is -6.37. The summed E-state index contributed by atoms with van der Waals surface area (Å²) in [7, 11) is -5.74. The number of imide groups is 1. The van der Waals surface area contributed by atoms with Gasteiger partial charge in [0.25, 0.3) is 11.8 Å². The summed E-state index contributed by atoms with van der Waals surface area (Å²) in [4.78, 5) is 121. The molecule has 0 saturated carbocycles. The highest BCUT2D eigenvalue weighted by atomic mass is 79.9. The molecule has 23 heteroatoms. The van der Waals surface area contributed by atoms with Crippen LogP contribution in [0.1, 0.15) is 123 Å². The number of fused-ring (bicyclic) bond motifs is 2. The quantitative estimate of drug-likeness (QED) is 0.0199. The average molecular weight is 1170 g/mol. The van der Waals surface area contributed by atoms with Crippen molar-refractivity contribution in [1.82, 2.24) is 25.8 Å². The van der Waals surface area contributed by atoms with E-state index in [4.69, 9.17) is 4.74 Å². The minimum atomic E-state index is -5.74. The normalized spacial score (nSPS) is 17.9. The van der Waals surface area contributed by atoms with E-state index in [1.807, 2.05) is 0 Å². The number of nitrogens with zero attached hydrogens (tertiary/aromatic N) is 3.